The molecule has 0 saturated heterocycles. The predicted octanol–water partition coefficient (Wildman–Crippen LogP) is 3.92. The molecule has 1 N–H and O–H groups in total. The van der Waals surface area contributed by atoms with Crippen LogP contribution in [0.2, 0.25) is 0 Å². The first-order chi connectivity index (χ1) is 11.8. The second-order valence-electron chi connectivity index (χ2n) is 5.62. The number of fused-ring (bicyclic) bond motifs is 1. The van der Waals surface area contributed by atoms with Crippen LogP contribution in [0, 0.1) is 0 Å². The van der Waals surface area contributed by atoms with E-state index in [1.807, 2.05) is 30.3 Å². The lowest BCUT2D eigenvalue weighted by atomic mass is 10.2. The van der Waals surface area contributed by atoms with Gasteiger partial charge in [0.05, 0.1) is 12.8 Å². The Morgan fingerprint density at radius 2 is 1.88 bits per heavy atom. The summed E-state index contributed by atoms with van der Waals surface area (Å²) >= 11 is 0. The van der Waals surface area contributed by atoms with Gasteiger partial charge in [-0.25, -0.2) is 9.97 Å². The molecule has 24 heavy (non-hydrogen) atoms. The van der Waals surface area contributed by atoms with Crippen LogP contribution < -0.4 is 15.0 Å². The van der Waals surface area contributed by atoms with Crippen LogP contribution in [0.3, 0.4) is 0 Å². The third-order valence-electron chi connectivity index (χ3n) is 4.19. The largest absolute Gasteiger partial charge is 0.495 e. The molecule has 0 amide bonds. The van der Waals surface area contributed by atoms with Crippen molar-refractivity contribution in [2.45, 2.75) is 6.42 Å². The van der Waals surface area contributed by atoms with Crippen molar-refractivity contribution in [2.75, 3.05) is 23.9 Å². The number of aromatic nitrogens is 2. The SMILES string of the molecule is COc1ccccc1Nc1cc(N2CCc3ccccc32)ncn1. The van der Waals surface area contributed by atoms with Crippen molar-refractivity contribution in [1.82, 2.24) is 9.97 Å². The molecule has 1 aliphatic heterocycles. The molecular formula is C19H18N4O. The summed E-state index contributed by atoms with van der Waals surface area (Å²) in [5, 5.41) is 3.31. The minimum absolute atomic E-state index is 0.744. The molecule has 4 rings (SSSR count). The van der Waals surface area contributed by atoms with Gasteiger partial charge >= 0.3 is 0 Å². The molecular weight excluding hydrogens is 300 g/mol. The van der Waals surface area contributed by atoms with Crippen LogP contribution in [0.1, 0.15) is 5.56 Å². The summed E-state index contributed by atoms with van der Waals surface area (Å²) in [5.74, 6) is 2.42. The highest BCUT2D eigenvalue weighted by atomic mass is 16.5. The van der Waals surface area contributed by atoms with Crippen LogP contribution >= 0.6 is 0 Å². The number of methoxy groups -OCH3 is 1. The number of ether oxygens (including phenoxy) is 1. The number of hydrogen-bond acceptors (Lipinski definition) is 5. The molecule has 0 atom stereocenters. The second kappa shape index (κ2) is 6.20. The zero-order valence-electron chi connectivity index (χ0n) is 13.4. The average Bonchev–Trinajstić information content (AvgIpc) is 3.06. The van der Waals surface area contributed by atoms with Crippen molar-refractivity contribution in [3.63, 3.8) is 0 Å². The number of anilines is 4. The molecule has 0 fully saturated rings. The van der Waals surface area contributed by atoms with Gasteiger partial charge in [0.1, 0.15) is 23.7 Å². The first-order valence-corrected chi connectivity index (χ1v) is 7.93. The molecule has 0 saturated carbocycles. The summed E-state index contributed by atoms with van der Waals surface area (Å²) in [6, 6.07) is 18.2. The van der Waals surface area contributed by atoms with Gasteiger partial charge in [-0.3, -0.25) is 0 Å². The van der Waals surface area contributed by atoms with Crippen LogP contribution in [-0.2, 0) is 6.42 Å². The van der Waals surface area contributed by atoms with Gasteiger partial charge in [-0.15, -0.1) is 0 Å². The molecule has 5 nitrogen and oxygen atoms in total. The fourth-order valence-electron chi connectivity index (χ4n) is 3.03. The van der Waals surface area contributed by atoms with E-state index in [4.69, 9.17) is 4.74 Å². The Balaban J connectivity index is 1.63. The van der Waals surface area contributed by atoms with Crippen LogP contribution in [-0.4, -0.2) is 23.6 Å². The van der Waals surface area contributed by atoms with Crippen molar-refractivity contribution in [2.24, 2.45) is 0 Å². The Morgan fingerprint density at radius 3 is 2.79 bits per heavy atom. The maximum absolute atomic E-state index is 5.38. The first-order valence-electron chi connectivity index (χ1n) is 7.93. The van der Waals surface area contributed by atoms with Gasteiger partial charge in [0.2, 0.25) is 0 Å². The monoisotopic (exact) mass is 318 g/mol. The Labute approximate surface area is 140 Å². The summed E-state index contributed by atoms with van der Waals surface area (Å²) in [4.78, 5) is 11.0. The number of benzene rings is 2. The fraction of sp³-hybridized carbons (Fsp3) is 0.158. The van der Waals surface area contributed by atoms with E-state index in [2.05, 4.69) is 44.5 Å². The maximum atomic E-state index is 5.38. The van der Waals surface area contributed by atoms with E-state index in [0.717, 1.165) is 36.0 Å². The lowest BCUT2D eigenvalue weighted by Crippen LogP contribution is -2.15. The Bertz CT molecular complexity index is 865. The topological polar surface area (TPSA) is 50.3 Å². The molecule has 0 unspecified atom stereocenters. The zero-order valence-corrected chi connectivity index (χ0v) is 13.4. The Kier molecular flexibility index (Phi) is 3.75. The smallest absolute Gasteiger partial charge is 0.142 e. The number of nitrogens with one attached hydrogen (secondary N) is 1. The van der Waals surface area contributed by atoms with E-state index in [9.17, 15) is 0 Å². The highest BCUT2D eigenvalue weighted by molar-refractivity contribution is 5.71. The molecule has 120 valence electrons. The number of para-hydroxylation sites is 3. The van der Waals surface area contributed by atoms with Crippen molar-refractivity contribution in [3.8, 4) is 5.75 Å². The summed E-state index contributed by atoms with van der Waals surface area (Å²) < 4.78 is 5.38. The molecule has 2 aromatic carbocycles. The van der Waals surface area contributed by atoms with Crippen molar-refractivity contribution in [1.29, 1.82) is 0 Å². The van der Waals surface area contributed by atoms with Crippen LogP contribution in [0.5, 0.6) is 5.75 Å². The first kappa shape index (κ1) is 14.5. The second-order valence-corrected chi connectivity index (χ2v) is 5.62. The van der Waals surface area contributed by atoms with Crippen LogP contribution in [0.4, 0.5) is 23.0 Å². The molecule has 1 aliphatic rings. The van der Waals surface area contributed by atoms with Crippen molar-refractivity contribution in [3.05, 3.63) is 66.5 Å². The Morgan fingerprint density at radius 1 is 1.04 bits per heavy atom. The Hall–Kier alpha value is -3.08. The summed E-state index contributed by atoms with van der Waals surface area (Å²) in [6.07, 6.45) is 2.63. The third kappa shape index (κ3) is 2.65. The highest BCUT2D eigenvalue weighted by Gasteiger charge is 2.21. The highest BCUT2D eigenvalue weighted by Crippen LogP contribution is 2.34. The number of nitrogens with zero attached hydrogens (tertiary/aromatic N) is 3. The van der Waals surface area contributed by atoms with Gasteiger partial charge in [0.25, 0.3) is 0 Å². The fourth-order valence-corrected chi connectivity index (χ4v) is 3.03. The van der Waals surface area contributed by atoms with Gasteiger partial charge < -0.3 is 15.0 Å². The van der Waals surface area contributed by atoms with E-state index < -0.39 is 0 Å². The van der Waals surface area contributed by atoms with Gasteiger partial charge in [-0.05, 0) is 30.2 Å². The number of hydrogen-bond donors (Lipinski definition) is 1. The summed E-state index contributed by atoms with van der Waals surface area (Å²) in [6.45, 7) is 0.935. The van der Waals surface area contributed by atoms with Gasteiger partial charge in [0, 0.05) is 18.3 Å². The molecule has 0 radical (unpaired) electrons. The summed E-state index contributed by atoms with van der Waals surface area (Å²) in [5.41, 5.74) is 3.46. The summed E-state index contributed by atoms with van der Waals surface area (Å²) in [7, 11) is 1.66. The average molecular weight is 318 g/mol. The van der Waals surface area contributed by atoms with Gasteiger partial charge in [-0.1, -0.05) is 30.3 Å². The maximum Gasteiger partial charge on any atom is 0.142 e. The van der Waals surface area contributed by atoms with E-state index in [1.54, 1.807) is 13.4 Å². The van der Waals surface area contributed by atoms with E-state index >= 15 is 0 Å². The normalized spacial score (nSPS) is 12.8. The standard InChI is InChI=1S/C19H18N4O/c1-24-17-9-5-3-7-15(17)22-18-12-19(21-13-20-18)23-11-10-14-6-2-4-8-16(14)23/h2-9,12-13H,10-11H2,1H3,(H,20,21,22). The van der Waals surface area contributed by atoms with Gasteiger partial charge in [-0.2, -0.15) is 0 Å². The predicted molar refractivity (Wildman–Crippen MR) is 95.5 cm³/mol. The third-order valence-corrected chi connectivity index (χ3v) is 4.19. The van der Waals surface area contributed by atoms with Gasteiger partial charge in [0.15, 0.2) is 0 Å². The van der Waals surface area contributed by atoms with Crippen LogP contribution in [0.15, 0.2) is 60.9 Å². The minimum Gasteiger partial charge on any atom is -0.495 e. The quantitative estimate of drug-likeness (QED) is 0.790. The molecule has 0 aliphatic carbocycles. The molecule has 0 bridgehead atoms. The number of rotatable bonds is 4. The molecule has 2 heterocycles. The molecule has 5 heteroatoms. The minimum atomic E-state index is 0.744. The lowest BCUT2D eigenvalue weighted by Gasteiger charge is -2.19. The zero-order chi connectivity index (χ0) is 16.4. The van der Waals surface area contributed by atoms with Crippen molar-refractivity contribution < 1.29 is 4.74 Å². The lowest BCUT2D eigenvalue weighted by molar-refractivity contribution is 0.417. The molecule has 0 spiro atoms. The molecule has 1 aromatic heterocycles. The van der Waals surface area contributed by atoms with Crippen LogP contribution in [0.25, 0.3) is 0 Å². The van der Waals surface area contributed by atoms with Crippen molar-refractivity contribution >= 4 is 23.0 Å². The van der Waals surface area contributed by atoms with E-state index in [1.165, 1.54) is 11.3 Å². The molecule has 3 aromatic rings. The van der Waals surface area contributed by atoms with E-state index in [-0.39, 0.29) is 0 Å². The van der Waals surface area contributed by atoms with E-state index in [0.29, 0.717) is 0 Å².